The molecule has 0 bridgehead atoms. The van der Waals surface area contributed by atoms with Gasteiger partial charge < -0.3 is 4.74 Å². The van der Waals surface area contributed by atoms with Gasteiger partial charge in [-0.15, -0.1) is 0 Å². The van der Waals surface area contributed by atoms with Crippen LogP contribution in [0.3, 0.4) is 0 Å². The molecule has 0 aliphatic rings. The van der Waals surface area contributed by atoms with Gasteiger partial charge in [0.2, 0.25) is 0 Å². The maximum Gasteiger partial charge on any atom is 0.387 e. The van der Waals surface area contributed by atoms with E-state index in [2.05, 4.69) is 15.6 Å². The Hall–Kier alpha value is -3.00. The van der Waals surface area contributed by atoms with Crippen molar-refractivity contribution in [1.82, 2.24) is 15.8 Å². The van der Waals surface area contributed by atoms with E-state index >= 15 is 0 Å². The van der Waals surface area contributed by atoms with E-state index in [9.17, 15) is 18.4 Å². The van der Waals surface area contributed by atoms with Crippen molar-refractivity contribution < 1.29 is 23.1 Å². The summed E-state index contributed by atoms with van der Waals surface area (Å²) in [6.45, 7) is -2.39. The lowest BCUT2D eigenvalue weighted by Gasteiger charge is -2.17. The fourth-order valence-corrected chi connectivity index (χ4v) is 2.22. The lowest BCUT2D eigenvalue weighted by molar-refractivity contribution is -0.122. The van der Waals surface area contributed by atoms with E-state index in [4.69, 9.17) is 0 Å². The van der Waals surface area contributed by atoms with Crippen LogP contribution >= 0.6 is 0 Å². The topological polar surface area (TPSA) is 70.7 Å². The average Bonchev–Trinajstić information content (AvgIpc) is 2.61. The lowest BCUT2D eigenvalue weighted by Crippen LogP contribution is -2.45. The van der Waals surface area contributed by atoms with Gasteiger partial charge in [-0.05, 0) is 36.9 Å². The summed E-state index contributed by atoms with van der Waals surface area (Å²) in [7, 11) is 1.72. The number of likely N-dealkylation sites (N-methyl/N-ethyl adjacent to an activating group) is 1. The molecule has 0 atom stereocenters. The second-order valence-electron chi connectivity index (χ2n) is 5.56. The van der Waals surface area contributed by atoms with E-state index < -0.39 is 12.5 Å². The van der Waals surface area contributed by atoms with Crippen LogP contribution in [0.2, 0.25) is 0 Å². The maximum atomic E-state index is 12.1. The first kappa shape index (κ1) is 19.3. The van der Waals surface area contributed by atoms with Crippen molar-refractivity contribution in [2.24, 2.45) is 0 Å². The zero-order chi connectivity index (χ0) is 18.9. The number of nitrogens with one attached hydrogen (secondary N) is 2. The van der Waals surface area contributed by atoms with Crippen molar-refractivity contribution in [3.63, 3.8) is 0 Å². The Kier molecular flexibility index (Phi) is 7.04. The van der Waals surface area contributed by atoms with Gasteiger partial charge in [-0.2, -0.15) is 8.78 Å². The Balaban J connectivity index is 1.75. The van der Waals surface area contributed by atoms with Gasteiger partial charge in [0.05, 0.1) is 6.54 Å². The highest BCUT2D eigenvalue weighted by Crippen LogP contribution is 2.15. The minimum Gasteiger partial charge on any atom is -0.435 e. The number of hydrogen-bond donors (Lipinski definition) is 2. The second kappa shape index (κ2) is 9.47. The summed E-state index contributed by atoms with van der Waals surface area (Å²) in [6.07, 6.45) is 0. The molecular formula is C18H19F2N3O3. The largest absolute Gasteiger partial charge is 0.435 e. The quantitative estimate of drug-likeness (QED) is 0.740. The third-order valence-corrected chi connectivity index (χ3v) is 3.37. The molecular weight excluding hydrogens is 344 g/mol. The molecule has 0 aliphatic heterocycles. The molecule has 2 amide bonds. The maximum absolute atomic E-state index is 12.1. The summed E-state index contributed by atoms with van der Waals surface area (Å²) in [5.41, 5.74) is 5.95. The van der Waals surface area contributed by atoms with Crippen molar-refractivity contribution in [1.29, 1.82) is 0 Å². The van der Waals surface area contributed by atoms with E-state index in [1.165, 1.54) is 12.1 Å². The molecule has 0 saturated carbocycles. The number of ether oxygens (including phenoxy) is 1. The van der Waals surface area contributed by atoms with Crippen LogP contribution < -0.4 is 15.6 Å². The van der Waals surface area contributed by atoms with Crippen LogP contribution in [0.1, 0.15) is 15.9 Å². The highest BCUT2D eigenvalue weighted by atomic mass is 19.3. The van der Waals surface area contributed by atoms with Gasteiger partial charge in [-0.1, -0.05) is 30.3 Å². The van der Waals surface area contributed by atoms with Crippen molar-refractivity contribution in [2.75, 3.05) is 13.6 Å². The summed E-state index contributed by atoms with van der Waals surface area (Å²) in [5, 5.41) is 0. The zero-order valence-electron chi connectivity index (χ0n) is 14.1. The number of carbonyl (C=O) groups is 2. The van der Waals surface area contributed by atoms with Gasteiger partial charge in [-0.3, -0.25) is 25.3 Å². The highest BCUT2D eigenvalue weighted by molar-refractivity contribution is 5.95. The molecule has 0 fully saturated rings. The van der Waals surface area contributed by atoms with Crippen LogP contribution in [-0.4, -0.2) is 36.9 Å². The molecule has 2 aromatic rings. The number of benzene rings is 2. The molecule has 138 valence electrons. The first-order valence-corrected chi connectivity index (χ1v) is 7.80. The normalized spacial score (nSPS) is 10.7. The third-order valence-electron chi connectivity index (χ3n) is 3.37. The monoisotopic (exact) mass is 363 g/mol. The van der Waals surface area contributed by atoms with Crippen LogP contribution in [0.25, 0.3) is 0 Å². The average molecular weight is 363 g/mol. The molecule has 2 aromatic carbocycles. The molecule has 0 spiro atoms. The first-order chi connectivity index (χ1) is 12.4. The third kappa shape index (κ3) is 6.48. The predicted octanol–water partition coefficient (Wildman–Crippen LogP) is 2.18. The lowest BCUT2D eigenvalue weighted by atomic mass is 10.2. The molecule has 0 radical (unpaired) electrons. The number of hydrogen-bond acceptors (Lipinski definition) is 4. The number of carbonyl (C=O) groups excluding carboxylic acids is 2. The van der Waals surface area contributed by atoms with Gasteiger partial charge in [-0.25, -0.2) is 0 Å². The first-order valence-electron chi connectivity index (χ1n) is 7.80. The standard InChI is InChI=1S/C18H19F2N3O3/c1-23(11-13-7-9-15(10-8-13)26-18(19)20)12-16(24)21-22-17(25)14-5-3-2-4-6-14/h2-10,18H,11-12H2,1H3,(H,21,24)(H,22,25). The molecule has 0 saturated heterocycles. The minimum atomic E-state index is -2.86. The Morgan fingerprint density at radius 1 is 1.04 bits per heavy atom. The molecule has 2 rings (SSSR count). The van der Waals surface area contributed by atoms with Crippen LogP contribution in [0, 0.1) is 0 Å². The van der Waals surface area contributed by atoms with Gasteiger partial charge >= 0.3 is 6.61 Å². The Bertz CT molecular complexity index is 724. The van der Waals surface area contributed by atoms with Crippen LogP contribution in [-0.2, 0) is 11.3 Å². The van der Waals surface area contributed by atoms with Crippen LogP contribution in [0.15, 0.2) is 54.6 Å². The SMILES string of the molecule is CN(CC(=O)NNC(=O)c1ccccc1)Cc1ccc(OC(F)F)cc1. The Morgan fingerprint density at radius 3 is 2.31 bits per heavy atom. The summed E-state index contributed by atoms with van der Waals surface area (Å²) in [5.74, 6) is -0.710. The molecule has 0 aliphatic carbocycles. The van der Waals surface area contributed by atoms with Gasteiger partial charge in [0.1, 0.15) is 5.75 Å². The fourth-order valence-electron chi connectivity index (χ4n) is 2.22. The minimum absolute atomic E-state index is 0.0460. The van der Waals surface area contributed by atoms with Crippen molar-refractivity contribution >= 4 is 11.8 Å². The zero-order valence-corrected chi connectivity index (χ0v) is 14.1. The summed E-state index contributed by atoms with van der Waals surface area (Å²) >= 11 is 0. The van der Waals surface area contributed by atoms with Crippen molar-refractivity contribution in [3.8, 4) is 5.75 Å². The predicted molar refractivity (Wildman–Crippen MR) is 91.5 cm³/mol. The number of halogens is 2. The summed E-state index contributed by atoms with van der Waals surface area (Å²) in [4.78, 5) is 25.4. The highest BCUT2D eigenvalue weighted by Gasteiger charge is 2.10. The Labute approximate surface area is 149 Å². The van der Waals surface area contributed by atoms with E-state index in [0.29, 0.717) is 12.1 Å². The molecule has 2 N–H and O–H groups in total. The van der Waals surface area contributed by atoms with E-state index in [1.807, 2.05) is 0 Å². The van der Waals surface area contributed by atoms with Crippen LogP contribution in [0.5, 0.6) is 5.75 Å². The van der Waals surface area contributed by atoms with Gasteiger partial charge in [0, 0.05) is 12.1 Å². The molecule has 6 nitrogen and oxygen atoms in total. The van der Waals surface area contributed by atoms with Crippen molar-refractivity contribution in [2.45, 2.75) is 13.2 Å². The number of alkyl halides is 2. The molecule has 0 aromatic heterocycles. The summed E-state index contributed by atoms with van der Waals surface area (Å²) in [6, 6.07) is 14.7. The van der Waals surface area contributed by atoms with Crippen LogP contribution in [0.4, 0.5) is 8.78 Å². The molecule has 0 heterocycles. The molecule has 0 unspecified atom stereocenters. The van der Waals surface area contributed by atoms with Crippen molar-refractivity contribution in [3.05, 3.63) is 65.7 Å². The number of rotatable bonds is 7. The molecule has 26 heavy (non-hydrogen) atoms. The number of hydrazine groups is 1. The smallest absolute Gasteiger partial charge is 0.387 e. The summed E-state index contributed by atoms with van der Waals surface area (Å²) < 4.78 is 28.5. The second-order valence-corrected chi connectivity index (χ2v) is 5.56. The number of nitrogens with zero attached hydrogens (tertiary/aromatic N) is 1. The van der Waals surface area contributed by atoms with E-state index in [-0.39, 0.29) is 18.2 Å². The van der Waals surface area contributed by atoms with E-state index in [1.54, 1.807) is 54.4 Å². The van der Waals surface area contributed by atoms with E-state index in [0.717, 1.165) is 5.56 Å². The Morgan fingerprint density at radius 2 is 1.69 bits per heavy atom. The number of amides is 2. The van der Waals surface area contributed by atoms with Gasteiger partial charge in [0.15, 0.2) is 0 Å². The van der Waals surface area contributed by atoms with Gasteiger partial charge in [0.25, 0.3) is 11.8 Å². The fraction of sp³-hybridized carbons (Fsp3) is 0.222. The molecule has 8 heteroatoms.